The van der Waals surface area contributed by atoms with Crippen molar-refractivity contribution >= 4 is 34.5 Å². The molecule has 1 saturated carbocycles. The lowest BCUT2D eigenvalue weighted by atomic mass is 9.89. The summed E-state index contributed by atoms with van der Waals surface area (Å²) in [6.07, 6.45) is 6.23. The predicted octanol–water partition coefficient (Wildman–Crippen LogP) is 5.72. The Morgan fingerprint density at radius 3 is 2.71 bits per heavy atom. The van der Waals surface area contributed by atoms with E-state index in [0.29, 0.717) is 28.6 Å². The summed E-state index contributed by atoms with van der Waals surface area (Å²) >= 11 is 1.39. The zero-order valence-electron chi connectivity index (χ0n) is 19.8. The van der Waals surface area contributed by atoms with Gasteiger partial charge in [-0.25, -0.2) is 0 Å². The maximum absolute atomic E-state index is 13.1. The summed E-state index contributed by atoms with van der Waals surface area (Å²) in [7, 11) is 1.60. The molecule has 180 valence electrons. The van der Waals surface area contributed by atoms with Crippen LogP contribution in [-0.4, -0.2) is 31.2 Å². The number of carbonyl (C=O) groups is 2. The number of carbonyl (C=O) groups excluding carboxylic acids is 2. The molecule has 1 aliphatic carbocycles. The van der Waals surface area contributed by atoms with Gasteiger partial charge in [-0.3, -0.25) is 9.59 Å². The van der Waals surface area contributed by atoms with Gasteiger partial charge in [0, 0.05) is 16.8 Å². The van der Waals surface area contributed by atoms with Crippen LogP contribution in [0.25, 0.3) is 11.0 Å². The molecule has 4 rings (SSSR count). The molecule has 1 unspecified atom stereocenters. The third-order valence-electron chi connectivity index (χ3n) is 6.32. The highest BCUT2D eigenvalue weighted by atomic mass is 32.2. The summed E-state index contributed by atoms with van der Waals surface area (Å²) in [6, 6.07) is 14.7. The Hall–Kier alpha value is -2.93. The first-order chi connectivity index (χ1) is 16.5. The monoisotopic (exact) mass is 480 g/mol. The van der Waals surface area contributed by atoms with Crippen LogP contribution in [0.15, 0.2) is 57.8 Å². The van der Waals surface area contributed by atoms with Gasteiger partial charge in [0.15, 0.2) is 11.3 Å². The van der Waals surface area contributed by atoms with Gasteiger partial charge >= 0.3 is 0 Å². The first-order valence-corrected chi connectivity index (χ1v) is 12.9. The van der Waals surface area contributed by atoms with Gasteiger partial charge in [0.05, 0.1) is 24.5 Å². The summed E-state index contributed by atoms with van der Waals surface area (Å²) in [5.41, 5.74) is 1.21. The zero-order valence-corrected chi connectivity index (χ0v) is 20.6. The maximum atomic E-state index is 13.1. The number of para-hydroxylation sites is 1. The Morgan fingerprint density at radius 2 is 1.91 bits per heavy atom. The van der Waals surface area contributed by atoms with Gasteiger partial charge in [-0.05, 0) is 49.9 Å². The Morgan fingerprint density at radius 1 is 1.12 bits per heavy atom. The van der Waals surface area contributed by atoms with Crippen LogP contribution in [0.1, 0.15) is 61.2 Å². The number of rotatable bonds is 9. The molecule has 2 N–H and O–H groups in total. The minimum Gasteiger partial charge on any atom is -0.493 e. The number of hydrogen-bond donors (Lipinski definition) is 2. The van der Waals surface area contributed by atoms with E-state index in [1.165, 1.54) is 43.9 Å². The molecular weight excluding hydrogens is 448 g/mol. The first-order valence-electron chi connectivity index (χ1n) is 11.9. The Labute approximate surface area is 204 Å². The minimum atomic E-state index is -0.332. The fourth-order valence-corrected chi connectivity index (χ4v) is 5.28. The van der Waals surface area contributed by atoms with Crippen molar-refractivity contribution in [2.45, 2.75) is 50.0 Å². The van der Waals surface area contributed by atoms with Gasteiger partial charge in [0.25, 0.3) is 5.91 Å². The minimum absolute atomic E-state index is 0.00961. The van der Waals surface area contributed by atoms with Crippen LogP contribution in [0.4, 0.5) is 0 Å². The third kappa shape index (κ3) is 5.95. The molecule has 1 fully saturated rings. The molecule has 6 nitrogen and oxygen atoms in total. The van der Waals surface area contributed by atoms with Crippen molar-refractivity contribution in [3.8, 4) is 5.75 Å². The topological polar surface area (TPSA) is 80.6 Å². The fraction of sp³-hybridized carbons (Fsp3) is 0.407. The summed E-state index contributed by atoms with van der Waals surface area (Å²) < 4.78 is 11.3. The van der Waals surface area contributed by atoms with Crippen molar-refractivity contribution in [1.29, 1.82) is 0 Å². The molecule has 2 amide bonds. The average molecular weight is 481 g/mol. The van der Waals surface area contributed by atoms with Gasteiger partial charge in [-0.1, -0.05) is 43.5 Å². The van der Waals surface area contributed by atoms with Crippen LogP contribution in [0.3, 0.4) is 0 Å². The molecule has 3 aromatic rings. The smallest absolute Gasteiger partial charge is 0.252 e. The molecule has 0 aliphatic heterocycles. The van der Waals surface area contributed by atoms with Crippen molar-refractivity contribution in [1.82, 2.24) is 10.6 Å². The molecule has 1 atom stereocenters. The number of ether oxygens (including phenoxy) is 1. The maximum Gasteiger partial charge on any atom is 0.252 e. The standard InChI is InChI=1S/C27H32N2O4S/c1-18(23-15-20-11-8-13-22(32-2)26(20)33-23)29-27(31)21-12-6-7-14-24(21)34-17-25(30)28-16-19-9-4-3-5-10-19/h6-8,11-15,18-19H,3-5,9-10,16-17H2,1-2H3,(H,28,30)(H,29,31). The number of methoxy groups -OCH3 is 1. The van der Waals surface area contributed by atoms with Gasteiger partial charge in [0.1, 0.15) is 5.76 Å². The van der Waals surface area contributed by atoms with Crippen LogP contribution in [-0.2, 0) is 4.79 Å². The second kappa shape index (κ2) is 11.5. The quantitative estimate of drug-likeness (QED) is 0.383. The van der Waals surface area contributed by atoms with E-state index < -0.39 is 0 Å². The van der Waals surface area contributed by atoms with Gasteiger partial charge < -0.3 is 19.8 Å². The number of fused-ring (bicyclic) bond motifs is 1. The van der Waals surface area contributed by atoms with Gasteiger partial charge in [0.2, 0.25) is 5.91 Å². The van der Waals surface area contributed by atoms with E-state index in [0.717, 1.165) is 16.8 Å². The van der Waals surface area contributed by atoms with Crippen LogP contribution in [0.2, 0.25) is 0 Å². The lowest BCUT2D eigenvalue weighted by Gasteiger charge is -2.21. The zero-order chi connectivity index (χ0) is 23.9. The van der Waals surface area contributed by atoms with Crippen molar-refractivity contribution in [2.24, 2.45) is 5.92 Å². The van der Waals surface area contributed by atoms with Gasteiger partial charge in [-0.15, -0.1) is 11.8 Å². The number of benzene rings is 2. The van der Waals surface area contributed by atoms with Crippen LogP contribution < -0.4 is 15.4 Å². The SMILES string of the molecule is COc1cccc2cc(C(C)NC(=O)c3ccccc3SCC(=O)NCC3CCCCC3)oc12. The number of amides is 2. The molecule has 1 aliphatic rings. The first kappa shape index (κ1) is 24.2. The molecule has 0 radical (unpaired) electrons. The highest BCUT2D eigenvalue weighted by Crippen LogP contribution is 2.31. The number of hydrogen-bond acceptors (Lipinski definition) is 5. The summed E-state index contributed by atoms with van der Waals surface area (Å²) in [6.45, 7) is 2.64. The van der Waals surface area contributed by atoms with E-state index in [1.807, 2.05) is 49.4 Å². The number of nitrogens with one attached hydrogen (secondary N) is 2. The van der Waals surface area contributed by atoms with E-state index >= 15 is 0 Å². The van der Waals surface area contributed by atoms with E-state index in [9.17, 15) is 9.59 Å². The van der Waals surface area contributed by atoms with Crippen LogP contribution >= 0.6 is 11.8 Å². The van der Waals surface area contributed by atoms with E-state index in [4.69, 9.17) is 9.15 Å². The van der Waals surface area contributed by atoms with Crippen molar-refractivity contribution in [3.63, 3.8) is 0 Å². The largest absolute Gasteiger partial charge is 0.493 e. The Balaban J connectivity index is 1.36. The molecule has 1 heterocycles. The van der Waals surface area contributed by atoms with Crippen LogP contribution in [0, 0.1) is 5.92 Å². The van der Waals surface area contributed by atoms with Crippen LogP contribution in [0.5, 0.6) is 5.75 Å². The lowest BCUT2D eigenvalue weighted by Crippen LogP contribution is -2.31. The van der Waals surface area contributed by atoms with Crippen molar-refractivity contribution in [3.05, 3.63) is 59.9 Å². The lowest BCUT2D eigenvalue weighted by molar-refractivity contribution is -0.118. The molecule has 34 heavy (non-hydrogen) atoms. The Bertz CT molecular complexity index is 1140. The normalized spacial score (nSPS) is 15.1. The predicted molar refractivity (Wildman–Crippen MR) is 135 cm³/mol. The second-order valence-corrected chi connectivity index (χ2v) is 9.83. The molecule has 0 spiro atoms. The molecule has 1 aromatic heterocycles. The molecule has 7 heteroatoms. The van der Waals surface area contributed by atoms with Crippen molar-refractivity contribution < 1.29 is 18.7 Å². The Kier molecular flexibility index (Phi) is 8.16. The molecule has 0 saturated heterocycles. The number of thioether (sulfide) groups is 1. The average Bonchev–Trinajstić information content (AvgIpc) is 3.32. The van der Waals surface area contributed by atoms with E-state index in [2.05, 4.69) is 10.6 Å². The van der Waals surface area contributed by atoms with E-state index in [1.54, 1.807) is 13.2 Å². The summed E-state index contributed by atoms with van der Waals surface area (Å²) in [4.78, 5) is 26.2. The van der Waals surface area contributed by atoms with Crippen molar-refractivity contribution in [2.75, 3.05) is 19.4 Å². The van der Waals surface area contributed by atoms with Gasteiger partial charge in [-0.2, -0.15) is 0 Å². The summed E-state index contributed by atoms with van der Waals surface area (Å²) in [5.74, 6) is 2.00. The number of furan rings is 1. The highest BCUT2D eigenvalue weighted by Gasteiger charge is 2.20. The second-order valence-electron chi connectivity index (χ2n) is 8.82. The fourth-order valence-electron chi connectivity index (χ4n) is 4.40. The highest BCUT2D eigenvalue weighted by molar-refractivity contribution is 8.00. The third-order valence-corrected chi connectivity index (χ3v) is 7.40. The summed E-state index contributed by atoms with van der Waals surface area (Å²) in [5, 5.41) is 7.01. The molecule has 2 aromatic carbocycles. The molecular formula is C27H32N2O4S. The van der Waals surface area contributed by atoms with E-state index in [-0.39, 0.29) is 23.6 Å². The molecule has 0 bridgehead atoms.